The lowest BCUT2D eigenvalue weighted by molar-refractivity contribution is -0.137. The quantitative estimate of drug-likeness (QED) is 0.664. The maximum absolute atomic E-state index is 11.3. The van der Waals surface area contributed by atoms with Gasteiger partial charge in [0.05, 0.1) is 12.7 Å². The standard InChI is InChI=1S/C15H14O3/c1-10(15(17)18-2)14(16)13-8-7-11-5-3-4-6-12(11)9-13/h3-9,14,16H,1H2,2H3/t14-/m0/s1. The van der Waals surface area contributed by atoms with Crippen LogP contribution in [0.2, 0.25) is 0 Å². The van der Waals surface area contributed by atoms with Crippen LogP contribution in [0.1, 0.15) is 11.7 Å². The van der Waals surface area contributed by atoms with Crippen molar-refractivity contribution >= 4 is 16.7 Å². The number of aliphatic hydroxyl groups excluding tert-OH is 1. The van der Waals surface area contributed by atoms with Gasteiger partial charge in [-0.1, -0.05) is 43.0 Å². The number of hydrogen-bond acceptors (Lipinski definition) is 3. The van der Waals surface area contributed by atoms with E-state index >= 15 is 0 Å². The van der Waals surface area contributed by atoms with Crippen molar-refractivity contribution in [1.82, 2.24) is 0 Å². The van der Waals surface area contributed by atoms with Crippen molar-refractivity contribution in [3.05, 3.63) is 60.2 Å². The fraction of sp³-hybridized carbons (Fsp3) is 0.133. The second kappa shape index (κ2) is 5.02. The Kier molecular flexibility index (Phi) is 3.44. The minimum Gasteiger partial charge on any atom is -0.466 e. The van der Waals surface area contributed by atoms with Crippen LogP contribution in [-0.2, 0) is 9.53 Å². The molecule has 0 amide bonds. The Hall–Kier alpha value is -2.13. The number of carbonyl (C=O) groups is 1. The number of carbonyl (C=O) groups excluding carboxylic acids is 1. The molecule has 0 saturated heterocycles. The minimum atomic E-state index is -1.04. The summed E-state index contributed by atoms with van der Waals surface area (Å²) in [6, 6.07) is 13.3. The number of rotatable bonds is 3. The van der Waals surface area contributed by atoms with Crippen molar-refractivity contribution in [2.24, 2.45) is 0 Å². The summed E-state index contributed by atoms with van der Waals surface area (Å²) in [5, 5.41) is 12.1. The van der Waals surface area contributed by atoms with Crippen LogP contribution < -0.4 is 0 Å². The van der Waals surface area contributed by atoms with Crippen LogP contribution in [0.15, 0.2) is 54.6 Å². The van der Waals surface area contributed by atoms with Crippen LogP contribution in [0.5, 0.6) is 0 Å². The number of aliphatic hydroxyl groups is 1. The van der Waals surface area contributed by atoms with Crippen LogP contribution in [0, 0.1) is 0 Å². The summed E-state index contributed by atoms with van der Waals surface area (Å²) in [5.74, 6) is -0.601. The average Bonchev–Trinajstić information content (AvgIpc) is 2.44. The molecule has 3 nitrogen and oxygen atoms in total. The van der Waals surface area contributed by atoms with E-state index in [1.54, 1.807) is 6.07 Å². The lowest BCUT2D eigenvalue weighted by Gasteiger charge is -2.13. The topological polar surface area (TPSA) is 46.5 Å². The lowest BCUT2D eigenvalue weighted by atomic mass is 9.99. The molecule has 3 heteroatoms. The van der Waals surface area contributed by atoms with E-state index in [9.17, 15) is 9.90 Å². The molecule has 0 bridgehead atoms. The number of benzene rings is 2. The third kappa shape index (κ3) is 2.26. The molecule has 2 rings (SSSR count). The molecule has 0 unspecified atom stereocenters. The molecule has 0 fully saturated rings. The molecule has 1 atom stereocenters. The zero-order chi connectivity index (χ0) is 13.1. The molecule has 18 heavy (non-hydrogen) atoms. The van der Waals surface area contributed by atoms with E-state index < -0.39 is 12.1 Å². The molecule has 92 valence electrons. The highest BCUT2D eigenvalue weighted by molar-refractivity contribution is 5.89. The summed E-state index contributed by atoms with van der Waals surface area (Å²) in [6.45, 7) is 3.56. The molecule has 0 aliphatic rings. The van der Waals surface area contributed by atoms with E-state index in [-0.39, 0.29) is 5.57 Å². The molecule has 0 spiro atoms. The first-order chi connectivity index (χ1) is 8.63. The third-order valence-corrected chi connectivity index (χ3v) is 2.87. The molecule has 2 aromatic carbocycles. The predicted octanol–water partition coefficient (Wildman–Crippen LogP) is 2.60. The van der Waals surface area contributed by atoms with Crippen molar-refractivity contribution in [3.63, 3.8) is 0 Å². The molecular weight excluding hydrogens is 228 g/mol. The van der Waals surface area contributed by atoms with E-state index in [1.807, 2.05) is 36.4 Å². The second-order valence-electron chi connectivity index (χ2n) is 4.03. The van der Waals surface area contributed by atoms with Crippen molar-refractivity contribution in [2.45, 2.75) is 6.10 Å². The fourth-order valence-corrected chi connectivity index (χ4v) is 1.82. The van der Waals surface area contributed by atoms with Gasteiger partial charge in [0.25, 0.3) is 0 Å². The van der Waals surface area contributed by atoms with Gasteiger partial charge in [-0.2, -0.15) is 0 Å². The number of fused-ring (bicyclic) bond motifs is 1. The van der Waals surface area contributed by atoms with Crippen molar-refractivity contribution in [2.75, 3.05) is 7.11 Å². The maximum atomic E-state index is 11.3. The van der Waals surface area contributed by atoms with Gasteiger partial charge in [-0.3, -0.25) is 0 Å². The summed E-state index contributed by atoms with van der Waals surface area (Å²) in [6.07, 6.45) is -1.04. The first-order valence-electron chi connectivity index (χ1n) is 5.57. The minimum absolute atomic E-state index is 0.0350. The molecule has 2 aromatic rings. The van der Waals surface area contributed by atoms with Crippen LogP contribution in [0.25, 0.3) is 10.8 Å². The Balaban J connectivity index is 2.36. The monoisotopic (exact) mass is 242 g/mol. The van der Waals surface area contributed by atoms with E-state index in [1.165, 1.54) is 7.11 Å². The molecular formula is C15H14O3. The third-order valence-electron chi connectivity index (χ3n) is 2.87. The fourth-order valence-electron chi connectivity index (χ4n) is 1.82. The summed E-state index contributed by atoms with van der Waals surface area (Å²) >= 11 is 0. The van der Waals surface area contributed by atoms with Crippen LogP contribution in [0.4, 0.5) is 0 Å². The van der Waals surface area contributed by atoms with Crippen LogP contribution in [0.3, 0.4) is 0 Å². The lowest BCUT2D eigenvalue weighted by Crippen LogP contribution is -2.11. The summed E-state index contributed by atoms with van der Waals surface area (Å²) < 4.78 is 4.54. The highest BCUT2D eigenvalue weighted by Crippen LogP contribution is 2.24. The smallest absolute Gasteiger partial charge is 0.336 e. The van der Waals surface area contributed by atoms with Crippen molar-refractivity contribution < 1.29 is 14.6 Å². The van der Waals surface area contributed by atoms with Gasteiger partial charge in [-0.25, -0.2) is 4.79 Å². The SMILES string of the molecule is C=C(C(=O)OC)[C@H](O)c1ccc2ccccc2c1. The van der Waals surface area contributed by atoms with E-state index in [0.29, 0.717) is 5.56 Å². The summed E-state index contributed by atoms with van der Waals surface area (Å²) in [5.41, 5.74) is 0.664. The van der Waals surface area contributed by atoms with Gasteiger partial charge in [0.15, 0.2) is 0 Å². The van der Waals surface area contributed by atoms with Gasteiger partial charge < -0.3 is 9.84 Å². The first kappa shape index (κ1) is 12.3. The normalized spacial score (nSPS) is 12.1. The number of ether oxygens (including phenoxy) is 1. The van der Waals surface area contributed by atoms with Crippen LogP contribution >= 0.6 is 0 Å². The molecule has 0 saturated carbocycles. The Morgan fingerprint density at radius 2 is 1.89 bits per heavy atom. The first-order valence-corrected chi connectivity index (χ1v) is 5.57. The highest BCUT2D eigenvalue weighted by atomic mass is 16.5. The molecule has 0 aliphatic heterocycles. The Labute approximate surface area is 105 Å². The highest BCUT2D eigenvalue weighted by Gasteiger charge is 2.18. The van der Waals surface area contributed by atoms with Gasteiger partial charge in [-0.05, 0) is 22.4 Å². The molecule has 1 N–H and O–H groups in total. The predicted molar refractivity (Wildman–Crippen MR) is 70.1 cm³/mol. The van der Waals surface area contributed by atoms with E-state index in [2.05, 4.69) is 11.3 Å². The maximum Gasteiger partial charge on any atom is 0.336 e. The molecule has 0 heterocycles. The van der Waals surface area contributed by atoms with Gasteiger partial charge >= 0.3 is 5.97 Å². The number of esters is 1. The Bertz CT molecular complexity index is 601. The van der Waals surface area contributed by atoms with E-state index in [0.717, 1.165) is 10.8 Å². The van der Waals surface area contributed by atoms with Crippen LogP contribution in [-0.4, -0.2) is 18.2 Å². The Morgan fingerprint density at radius 1 is 1.22 bits per heavy atom. The molecule has 0 aliphatic carbocycles. The zero-order valence-electron chi connectivity index (χ0n) is 10.1. The summed E-state index contributed by atoms with van der Waals surface area (Å²) in [7, 11) is 1.26. The van der Waals surface area contributed by atoms with Crippen molar-refractivity contribution in [1.29, 1.82) is 0 Å². The second-order valence-corrected chi connectivity index (χ2v) is 4.03. The number of hydrogen-bond donors (Lipinski definition) is 1. The van der Waals surface area contributed by atoms with Crippen molar-refractivity contribution in [3.8, 4) is 0 Å². The molecule has 0 radical (unpaired) electrons. The summed E-state index contributed by atoms with van der Waals surface area (Å²) in [4.78, 5) is 11.3. The largest absolute Gasteiger partial charge is 0.466 e. The van der Waals surface area contributed by atoms with Gasteiger partial charge in [-0.15, -0.1) is 0 Å². The van der Waals surface area contributed by atoms with Gasteiger partial charge in [0.2, 0.25) is 0 Å². The molecule has 0 aromatic heterocycles. The average molecular weight is 242 g/mol. The van der Waals surface area contributed by atoms with E-state index in [4.69, 9.17) is 0 Å². The zero-order valence-corrected chi connectivity index (χ0v) is 10.1. The van der Waals surface area contributed by atoms with Gasteiger partial charge in [0, 0.05) is 0 Å². The number of methoxy groups -OCH3 is 1. The Morgan fingerprint density at radius 3 is 2.56 bits per heavy atom. The van der Waals surface area contributed by atoms with Gasteiger partial charge in [0.1, 0.15) is 6.10 Å².